The molecule has 4 aliphatic carbocycles. The SMILES string of the molecule is CC(C)(C)c1cc(C(=O)N2CCN(c3ccc(C(=O)NS(=O)(=O)CC45CC6CC(CC(C6)C4)C5)cc3)CC2)cc(-c2cccc(O)c2)c1. The molecular formula is C39H47N3O5S. The highest BCUT2D eigenvalue weighted by Crippen LogP contribution is 2.60. The van der Waals surface area contributed by atoms with E-state index < -0.39 is 15.9 Å². The zero-order chi connectivity index (χ0) is 33.8. The number of hydrogen-bond acceptors (Lipinski definition) is 6. The number of benzene rings is 3. The predicted molar refractivity (Wildman–Crippen MR) is 189 cm³/mol. The maximum absolute atomic E-state index is 13.8. The van der Waals surface area contributed by atoms with Gasteiger partial charge < -0.3 is 14.9 Å². The van der Waals surface area contributed by atoms with E-state index in [2.05, 4.69) is 36.5 Å². The number of anilines is 1. The standard InChI is InChI=1S/C39H47N3O5S/c1-38(2,3)33-19-31(30-5-4-6-35(43)21-30)18-32(20-33)37(45)42-13-11-41(12-14-42)34-9-7-29(8-10-34)36(44)40-48(46,47)25-39-22-26-15-27(23-39)17-28(16-26)24-39/h4-10,18-21,26-28,43H,11-17,22-25H2,1-3H3,(H,40,44). The smallest absolute Gasteiger partial charge is 0.264 e. The molecule has 2 amide bonds. The van der Waals surface area contributed by atoms with Crippen molar-refractivity contribution in [2.75, 3.05) is 36.8 Å². The minimum atomic E-state index is -3.75. The van der Waals surface area contributed by atoms with Gasteiger partial charge in [-0.15, -0.1) is 0 Å². The summed E-state index contributed by atoms with van der Waals surface area (Å²) in [7, 11) is -3.75. The number of nitrogens with one attached hydrogen (secondary N) is 1. The summed E-state index contributed by atoms with van der Waals surface area (Å²) in [5.41, 5.74) is 4.35. The van der Waals surface area contributed by atoms with Crippen LogP contribution in [0, 0.1) is 23.2 Å². The van der Waals surface area contributed by atoms with Gasteiger partial charge in [0.1, 0.15) is 5.75 Å². The number of rotatable bonds is 7. The van der Waals surface area contributed by atoms with E-state index in [0.29, 0.717) is 55.1 Å². The van der Waals surface area contributed by atoms with Crippen LogP contribution in [-0.4, -0.2) is 62.2 Å². The Morgan fingerprint density at radius 1 is 0.812 bits per heavy atom. The monoisotopic (exact) mass is 669 g/mol. The molecule has 3 aromatic rings. The van der Waals surface area contributed by atoms with Crippen molar-refractivity contribution in [3.8, 4) is 16.9 Å². The number of phenols is 1. The van der Waals surface area contributed by atoms with Gasteiger partial charge in [-0.05, 0) is 132 Å². The third kappa shape index (κ3) is 6.84. The lowest BCUT2D eigenvalue weighted by Gasteiger charge is -2.56. The van der Waals surface area contributed by atoms with E-state index in [1.54, 1.807) is 30.3 Å². The summed E-state index contributed by atoms with van der Waals surface area (Å²) in [6.45, 7) is 8.73. The first-order valence-electron chi connectivity index (χ1n) is 17.4. The number of piperazine rings is 1. The van der Waals surface area contributed by atoms with Crippen LogP contribution in [0.2, 0.25) is 0 Å². The first kappa shape index (κ1) is 32.7. The quantitative estimate of drug-likeness (QED) is 0.294. The van der Waals surface area contributed by atoms with Crippen LogP contribution in [0.1, 0.15) is 85.6 Å². The Morgan fingerprint density at radius 2 is 1.44 bits per heavy atom. The van der Waals surface area contributed by atoms with Gasteiger partial charge in [-0.25, -0.2) is 13.1 Å². The molecule has 1 aliphatic heterocycles. The molecule has 4 saturated carbocycles. The molecule has 0 aromatic heterocycles. The Balaban J connectivity index is 0.974. The molecule has 9 heteroatoms. The molecule has 0 unspecified atom stereocenters. The average Bonchev–Trinajstić information content (AvgIpc) is 3.02. The number of aromatic hydroxyl groups is 1. The molecule has 0 spiro atoms. The molecule has 0 atom stereocenters. The van der Waals surface area contributed by atoms with E-state index in [9.17, 15) is 23.1 Å². The Bertz CT molecular complexity index is 1790. The van der Waals surface area contributed by atoms with Gasteiger partial charge >= 0.3 is 0 Å². The molecule has 2 N–H and O–H groups in total. The summed E-state index contributed by atoms with van der Waals surface area (Å²) in [4.78, 5) is 30.9. The molecule has 3 aromatic carbocycles. The van der Waals surface area contributed by atoms with Crippen molar-refractivity contribution in [3.05, 3.63) is 83.4 Å². The van der Waals surface area contributed by atoms with Gasteiger partial charge in [0, 0.05) is 43.0 Å². The summed E-state index contributed by atoms with van der Waals surface area (Å²) < 4.78 is 28.8. The van der Waals surface area contributed by atoms with E-state index in [0.717, 1.165) is 41.6 Å². The van der Waals surface area contributed by atoms with Crippen molar-refractivity contribution in [2.45, 2.75) is 64.7 Å². The van der Waals surface area contributed by atoms with Crippen LogP contribution in [0.4, 0.5) is 5.69 Å². The maximum atomic E-state index is 13.8. The number of phenolic OH excluding ortho intramolecular Hbond substituents is 1. The van der Waals surface area contributed by atoms with Crippen LogP contribution in [0.25, 0.3) is 11.1 Å². The molecule has 5 fully saturated rings. The van der Waals surface area contributed by atoms with Crippen LogP contribution in [-0.2, 0) is 15.4 Å². The molecule has 4 bridgehead atoms. The van der Waals surface area contributed by atoms with Crippen molar-refractivity contribution in [3.63, 3.8) is 0 Å². The summed E-state index contributed by atoms with van der Waals surface area (Å²) in [5.74, 6) is 1.58. The molecule has 5 aliphatic rings. The Hall–Kier alpha value is -3.85. The molecule has 1 saturated heterocycles. The second kappa shape index (κ2) is 12.2. The lowest BCUT2D eigenvalue weighted by molar-refractivity contribution is -0.0391. The second-order valence-electron chi connectivity index (χ2n) is 16.0. The van der Waals surface area contributed by atoms with E-state index in [1.807, 2.05) is 35.2 Å². The van der Waals surface area contributed by atoms with Gasteiger partial charge in [0.15, 0.2) is 0 Å². The topological polar surface area (TPSA) is 107 Å². The van der Waals surface area contributed by atoms with E-state index in [-0.39, 0.29) is 28.2 Å². The fraction of sp³-hybridized carbons (Fsp3) is 0.487. The zero-order valence-electron chi connectivity index (χ0n) is 28.2. The van der Waals surface area contributed by atoms with Crippen molar-refractivity contribution in [2.24, 2.45) is 23.2 Å². The molecule has 8 rings (SSSR count). The maximum Gasteiger partial charge on any atom is 0.264 e. The third-order valence-electron chi connectivity index (χ3n) is 11.2. The number of carbonyl (C=O) groups excluding carboxylic acids is 2. The molecular weight excluding hydrogens is 623 g/mol. The lowest BCUT2D eigenvalue weighted by atomic mass is 9.50. The summed E-state index contributed by atoms with van der Waals surface area (Å²) >= 11 is 0. The second-order valence-corrected chi connectivity index (χ2v) is 17.8. The number of hydrogen-bond donors (Lipinski definition) is 2. The molecule has 48 heavy (non-hydrogen) atoms. The van der Waals surface area contributed by atoms with Gasteiger partial charge in [0.2, 0.25) is 10.0 Å². The van der Waals surface area contributed by atoms with E-state index >= 15 is 0 Å². The van der Waals surface area contributed by atoms with Crippen LogP contribution >= 0.6 is 0 Å². The minimum absolute atomic E-state index is 0.0241. The van der Waals surface area contributed by atoms with Gasteiger partial charge in [-0.3, -0.25) is 9.59 Å². The predicted octanol–water partition coefficient (Wildman–Crippen LogP) is 6.60. The lowest BCUT2D eigenvalue weighted by Crippen LogP contribution is -2.51. The van der Waals surface area contributed by atoms with Crippen LogP contribution in [0.5, 0.6) is 5.75 Å². The van der Waals surface area contributed by atoms with Crippen molar-refractivity contribution < 1.29 is 23.1 Å². The summed E-state index contributed by atoms with van der Waals surface area (Å²) in [5, 5.41) is 10.1. The third-order valence-corrected chi connectivity index (χ3v) is 12.7. The van der Waals surface area contributed by atoms with Crippen LogP contribution < -0.4 is 9.62 Å². The van der Waals surface area contributed by atoms with Crippen molar-refractivity contribution in [1.29, 1.82) is 0 Å². The molecule has 1 heterocycles. The fourth-order valence-electron chi connectivity index (χ4n) is 9.32. The minimum Gasteiger partial charge on any atom is -0.508 e. The Labute approximate surface area is 284 Å². The van der Waals surface area contributed by atoms with E-state index in [1.165, 1.54) is 19.3 Å². The fourth-order valence-corrected chi connectivity index (χ4v) is 10.9. The summed E-state index contributed by atoms with van der Waals surface area (Å²) in [6.07, 6.45) is 6.67. The van der Waals surface area contributed by atoms with Gasteiger partial charge in [-0.1, -0.05) is 39.0 Å². The number of sulfonamides is 1. The normalized spacial score (nSPS) is 25.3. The largest absolute Gasteiger partial charge is 0.508 e. The highest BCUT2D eigenvalue weighted by Gasteiger charge is 2.52. The summed E-state index contributed by atoms with van der Waals surface area (Å²) in [6, 6.07) is 20.1. The highest BCUT2D eigenvalue weighted by atomic mass is 32.2. The first-order valence-corrected chi connectivity index (χ1v) is 19.0. The average molecular weight is 670 g/mol. The molecule has 0 radical (unpaired) electrons. The van der Waals surface area contributed by atoms with Gasteiger partial charge in [0.25, 0.3) is 11.8 Å². The van der Waals surface area contributed by atoms with E-state index in [4.69, 9.17) is 0 Å². The molecule has 8 nitrogen and oxygen atoms in total. The number of carbonyl (C=O) groups is 2. The Morgan fingerprint density at radius 3 is 2.02 bits per heavy atom. The first-order chi connectivity index (χ1) is 22.7. The van der Waals surface area contributed by atoms with Crippen molar-refractivity contribution >= 4 is 27.5 Å². The van der Waals surface area contributed by atoms with Gasteiger partial charge in [0.05, 0.1) is 5.75 Å². The molecule has 254 valence electrons. The van der Waals surface area contributed by atoms with Gasteiger partial charge in [-0.2, -0.15) is 0 Å². The van der Waals surface area contributed by atoms with Crippen LogP contribution in [0.3, 0.4) is 0 Å². The number of amides is 2. The number of nitrogens with zero attached hydrogens (tertiary/aromatic N) is 2. The zero-order valence-corrected chi connectivity index (χ0v) is 29.1. The Kier molecular flexibility index (Phi) is 8.33. The highest BCUT2D eigenvalue weighted by molar-refractivity contribution is 7.90. The van der Waals surface area contributed by atoms with Crippen molar-refractivity contribution in [1.82, 2.24) is 9.62 Å². The van der Waals surface area contributed by atoms with Crippen LogP contribution in [0.15, 0.2) is 66.7 Å².